The van der Waals surface area contributed by atoms with Crippen LogP contribution >= 0.6 is 23.1 Å². The number of H-pyrrole nitrogens is 1. The van der Waals surface area contributed by atoms with Gasteiger partial charge < -0.3 is 10.3 Å². The highest BCUT2D eigenvalue weighted by atomic mass is 32.2. The lowest BCUT2D eigenvalue weighted by Crippen LogP contribution is -2.01. The van der Waals surface area contributed by atoms with Crippen molar-refractivity contribution in [1.82, 2.24) is 15.2 Å². The molecule has 0 aliphatic rings. The standard InChI is InChI=1S/C17H20N4OS2/c1-3-8-18-16-20-21-17(24-16)23-10-14(22)13-9-19-15-11(4-2)6-5-7-12(13)15/h5-7,9,19H,3-4,8,10H2,1-2H3,(H,18,20). The molecule has 7 heteroatoms. The fourth-order valence-electron chi connectivity index (χ4n) is 2.52. The van der Waals surface area contributed by atoms with Crippen molar-refractivity contribution in [3.63, 3.8) is 0 Å². The van der Waals surface area contributed by atoms with Crippen LogP contribution in [-0.2, 0) is 6.42 Å². The maximum Gasteiger partial charge on any atom is 0.206 e. The first-order valence-electron chi connectivity index (χ1n) is 8.05. The molecule has 0 spiro atoms. The second kappa shape index (κ2) is 7.81. The summed E-state index contributed by atoms with van der Waals surface area (Å²) in [6, 6.07) is 6.10. The molecule has 2 heterocycles. The SMILES string of the molecule is CCCNc1nnc(SCC(=O)c2c[nH]c3c(CC)cccc23)s1. The number of para-hydroxylation sites is 1. The Kier molecular flexibility index (Phi) is 5.52. The van der Waals surface area contributed by atoms with E-state index in [9.17, 15) is 4.79 Å². The van der Waals surface area contributed by atoms with E-state index < -0.39 is 0 Å². The third kappa shape index (κ3) is 3.62. The van der Waals surface area contributed by atoms with Crippen LogP contribution in [-0.4, -0.2) is 33.3 Å². The average molecular weight is 361 g/mol. The molecule has 0 aliphatic carbocycles. The summed E-state index contributed by atoms with van der Waals surface area (Å²) in [6.45, 7) is 5.10. The Morgan fingerprint density at radius 1 is 1.33 bits per heavy atom. The van der Waals surface area contributed by atoms with E-state index in [0.717, 1.165) is 45.3 Å². The summed E-state index contributed by atoms with van der Waals surface area (Å²) in [4.78, 5) is 15.8. The van der Waals surface area contributed by atoms with Gasteiger partial charge in [0, 0.05) is 29.2 Å². The zero-order valence-electron chi connectivity index (χ0n) is 13.8. The molecule has 126 valence electrons. The number of nitrogens with zero attached hydrogens (tertiary/aromatic N) is 2. The number of anilines is 1. The molecule has 0 radical (unpaired) electrons. The molecule has 3 aromatic rings. The van der Waals surface area contributed by atoms with E-state index >= 15 is 0 Å². The number of Topliss-reactive ketones (excluding diaryl/α,β-unsaturated/α-hetero) is 1. The van der Waals surface area contributed by atoms with Gasteiger partial charge in [-0.25, -0.2) is 0 Å². The number of rotatable bonds is 8. The highest BCUT2D eigenvalue weighted by molar-refractivity contribution is 8.01. The second-order valence-electron chi connectivity index (χ2n) is 5.41. The molecule has 5 nitrogen and oxygen atoms in total. The lowest BCUT2D eigenvalue weighted by Gasteiger charge is -2.00. The van der Waals surface area contributed by atoms with Crippen LogP contribution in [0, 0.1) is 0 Å². The number of benzene rings is 1. The first-order chi connectivity index (χ1) is 11.7. The van der Waals surface area contributed by atoms with E-state index in [0.29, 0.717) is 5.75 Å². The van der Waals surface area contributed by atoms with E-state index in [1.54, 1.807) is 0 Å². The summed E-state index contributed by atoms with van der Waals surface area (Å²) in [6.07, 6.45) is 3.81. The van der Waals surface area contributed by atoms with Crippen LogP contribution in [0.5, 0.6) is 0 Å². The van der Waals surface area contributed by atoms with Crippen molar-refractivity contribution in [2.24, 2.45) is 0 Å². The molecular formula is C17H20N4OS2. The van der Waals surface area contributed by atoms with Crippen LogP contribution in [0.1, 0.15) is 36.2 Å². The molecule has 0 saturated heterocycles. The summed E-state index contributed by atoms with van der Waals surface area (Å²) in [7, 11) is 0. The van der Waals surface area contributed by atoms with Gasteiger partial charge in [0.2, 0.25) is 5.13 Å². The largest absolute Gasteiger partial charge is 0.360 e. The number of fused-ring (bicyclic) bond motifs is 1. The molecule has 0 aliphatic heterocycles. The summed E-state index contributed by atoms with van der Waals surface area (Å²) >= 11 is 2.93. The Balaban J connectivity index is 1.68. The molecule has 0 bridgehead atoms. The Hall–Kier alpha value is -1.86. The zero-order chi connectivity index (χ0) is 16.9. The number of carbonyl (C=O) groups excluding carboxylic acids is 1. The third-order valence-electron chi connectivity index (χ3n) is 3.74. The molecule has 24 heavy (non-hydrogen) atoms. The molecule has 2 N–H and O–H groups in total. The monoisotopic (exact) mass is 360 g/mol. The van der Waals surface area contributed by atoms with Crippen molar-refractivity contribution in [1.29, 1.82) is 0 Å². The van der Waals surface area contributed by atoms with Crippen molar-refractivity contribution >= 4 is 44.9 Å². The van der Waals surface area contributed by atoms with Crippen molar-refractivity contribution in [2.45, 2.75) is 31.0 Å². The van der Waals surface area contributed by atoms with Gasteiger partial charge in [-0.15, -0.1) is 10.2 Å². The molecule has 0 atom stereocenters. The Morgan fingerprint density at radius 2 is 2.21 bits per heavy atom. The van der Waals surface area contributed by atoms with Crippen LogP contribution in [0.3, 0.4) is 0 Å². The van der Waals surface area contributed by atoms with Gasteiger partial charge in [-0.1, -0.05) is 55.1 Å². The second-order valence-corrected chi connectivity index (χ2v) is 7.61. The number of thioether (sulfide) groups is 1. The Labute approximate surface area is 149 Å². The minimum atomic E-state index is 0.109. The van der Waals surface area contributed by atoms with Crippen LogP contribution in [0.4, 0.5) is 5.13 Å². The fraction of sp³-hybridized carbons (Fsp3) is 0.353. The smallest absolute Gasteiger partial charge is 0.206 e. The van der Waals surface area contributed by atoms with Crippen molar-refractivity contribution in [3.05, 3.63) is 35.5 Å². The molecule has 0 unspecified atom stereocenters. The number of ketones is 1. The molecule has 0 fully saturated rings. The number of carbonyl (C=O) groups is 1. The van der Waals surface area contributed by atoms with Gasteiger partial charge in [-0.2, -0.15) is 0 Å². The summed E-state index contributed by atoms with van der Waals surface area (Å²) in [5.74, 6) is 0.476. The van der Waals surface area contributed by atoms with E-state index in [-0.39, 0.29) is 5.78 Å². The lowest BCUT2D eigenvalue weighted by molar-refractivity contribution is 0.102. The third-order valence-corrected chi connectivity index (χ3v) is 5.76. The van der Waals surface area contributed by atoms with Crippen LogP contribution in [0.25, 0.3) is 10.9 Å². The van der Waals surface area contributed by atoms with Gasteiger partial charge in [-0.3, -0.25) is 4.79 Å². The van der Waals surface area contributed by atoms with Crippen molar-refractivity contribution in [2.75, 3.05) is 17.6 Å². The Morgan fingerprint density at radius 3 is 3.00 bits per heavy atom. The molecule has 1 aromatic carbocycles. The van der Waals surface area contributed by atoms with E-state index in [1.807, 2.05) is 18.3 Å². The van der Waals surface area contributed by atoms with Crippen molar-refractivity contribution < 1.29 is 4.79 Å². The van der Waals surface area contributed by atoms with Gasteiger partial charge in [-0.05, 0) is 18.4 Å². The quantitative estimate of drug-likeness (QED) is 0.461. The van der Waals surface area contributed by atoms with Gasteiger partial charge in [0.25, 0.3) is 0 Å². The van der Waals surface area contributed by atoms with Crippen LogP contribution < -0.4 is 5.32 Å². The van der Waals surface area contributed by atoms with Gasteiger partial charge in [0.05, 0.1) is 5.75 Å². The van der Waals surface area contributed by atoms with E-state index in [4.69, 9.17) is 0 Å². The number of aromatic amines is 1. The molecule has 3 rings (SSSR count). The maximum absolute atomic E-state index is 12.6. The predicted molar refractivity (Wildman–Crippen MR) is 101 cm³/mol. The van der Waals surface area contributed by atoms with E-state index in [2.05, 4.69) is 40.4 Å². The number of aryl methyl sites for hydroxylation is 1. The van der Waals surface area contributed by atoms with Gasteiger partial charge in [0.15, 0.2) is 10.1 Å². The highest BCUT2D eigenvalue weighted by Gasteiger charge is 2.15. The average Bonchev–Trinajstić information content (AvgIpc) is 3.24. The number of aromatic nitrogens is 3. The zero-order valence-corrected chi connectivity index (χ0v) is 15.4. The molecular weight excluding hydrogens is 340 g/mol. The summed E-state index contributed by atoms with van der Waals surface area (Å²) < 4.78 is 0.816. The maximum atomic E-state index is 12.6. The Bertz CT molecular complexity index is 840. The summed E-state index contributed by atoms with van der Waals surface area (Å²) in [5.41, 5.74) is 3.05. The van der Waals surface area contributed by atoms with Crippen molar-refractivity contribution in [3.8, 4) is 0 Å². The predicted octanol–water partition coefficient (Wildman–Crippen LogP) is 4.38. The molecule has 0 amide bonds. The first-order valence-corrected chi connectivity index (χ1v) is 9.85. The number of hydrogen-bond acceptors (Lipinski definition) is 6. The topological polar surface area (TPSA) is 70.7 Å². The highest BCUT2D eigenvalue weighted by Crippen LogP contribution is 2.28. The normalized spacial score (nSPS) is 11.1. The minimum absolute atomic E-state index is 0.109. The molecule has 0 saturated carbocycles. The number of hydrogen-bond donors (Lipinski definition) is 2. The fourth-order valence-corrected chi connectivity index (χ4v) is 4.18. The van der Waals surface area contributed by atoms with Gasteiger partial charge in [0.1, 0.15) is 0 Å². The molecule has 2 aromatic heterocycles. The lowest BCUT2D eigenvalue weighted by atomic mass is 10.1. The summed E-state index contributed by atoms with van der Waals surface area (Å²) in [5, 5.41) is 13.2. The number of nitrogens with one attached hydrogen (secondary N) is 2. The van der Waals surface area contributed by atoms with Gasteiger partial charge >= 0.3 is 0 Å². The van der Waals surface area contributed by atoms with E-state index in [1.165, 1.54) is 28.7 Å². The first kappa shape index (κ1) is 17.0. The van der Waals surface area contributed by atoms with Crippen LogP contribution in [0.2, 0.25) is 0 Å². The van der Waals surface area contributed by atoms with Crippen LogP contribution in [0.15, 0.2) is 28.7 Å². The minimum Gasteiger partial charge on any atom is -0.360 e.